The van der Waals surface area contributed by atoms with Gasteiger partial charge in [-0.3, -0.25) is 0 Å². The van der Waals surface area contributed by atoms with Crippen LogP contribution in [0.25, 0.3) is 0 Å². The molecule has 0 saturated carbocycles. The minimum Gasteiger partial charge on any atom is -0.478 e. The number of carbonyl (C=O) groups is 1. The van der Waals surface area contributed by atoms with Gasteiger partial charge < -0.3 is 10.2 Å². The van der Waals surface area contributed by atoms with E-state index in [1.807, 2.05) is 6.08 Å². The summed E-state index contributed by atoms with van der Waals surface area (Å²) in [7, 11) is 0. The van der Waals surface area contributed by atoms with Crippen molar-refractivity contribution < 1.29 is 15.0 Å². The van der Waals surface area contributed by atoms with Gasteiger partial charge >= 0.3 is 5.97 Å². The molecule has 0 unspecified atom stereocenters. The molecule has 130 valence electrons. The van der Waals surface area contributed by atoms with Crippen molar-refractivity contribution in [2.45, 2.75) is 65.2 Å². The fourth-order valence-electron chi connectivity index (χ4n) is 3.13. The van der Waals surface area contributed by atoms with Gasteiger partial charge in [-0.1, -0.05) is 29.9 Å². The maximum Gasteiger partial charge on any atom is 0.331 e. The summed E-state index contributed by atoms with van der Waals surface area (Å²) >= 11 is 0. The van der Waals surface area contributed by atoms with Crippen LogP contribution >= 0.6 is 0 Å². The van der Waals surface area contributed by atoms with Crippen molar-refractivity contribution >= 4 is 5.97 Å². The third kappa shape index (κ3) is 7.65. The Hall–Kier alpha value is -1.35. The van der Waals surface area contributed by atoms with E-state index in [0.717, 1.165) is 44.9 Å². The van der Waals surface area contributed by atoms with E-state index < -0.39 is 5.97 Å². The van der Waals surface area contributed by atoms with Gasteiger partial charge in [0.2, 0.25) is 0 Å². The van der Waals surface area contributed by atoms with Crippen LogP contribution in [0.1, 0.15) is 65.2 Å². The van der Waals surface area contributed by atoms with Gasteiger partial charge in [0.25, 0.3) is 0 Å². The highest BCUT2D eigenvalue weighted by Crippen LogP contribution is 2.26. The molecule has 0 radical (unpaired) electrons. The molecule has 0 amide bonds. The Morgan fingerprint density at radius 1 is 1.26 bits per heavy atom. The second-order valence-electron chi connectivity index (χ2n) is 6.92. The average molecular weight is 320 g/mol. The summed E-state index contributed by atoms with van der Waals surface area (Å²) in [5, 5.41) is 18.9. The largest absolute Gasteiger partial charge is 0.478 e. The van der Waals surface area contributed by atoms with E-state index in [9.17, 15) is 15.0 Å². The molecular formula is C20H32O3. The lowest BCUT2D eigenvalue weighted by Crippen LogP contribution is -2.11. The predicted octanol–water partition coefficient (Wildman–Crippen LogP) is 4.88. The van der Waals surface area contributed by atoms with Crippen LogP contribution in [0.15, 0.2) is 35.5 Å². The van der Waals surface area contributed by atoms with Gasteiger partial charge in [0.05, 0.1) is 0 Å². The van der Waals surface area contributed by atoms with Gasteiger partial charge in [0.15, 0.2) is 0 Å². The van der Waals surface area contributed by atoms with Crippen molar-refractivity contribution in [3.05, 3.63) is 35.5 Å². The Balaban J connectivity index is 2.84. The van der Waals surface area contributed by atoms with E-state index in [4.69, 9.17) is 0 Å². The molecule has 23 heavy (non-hydrogen) atoms. The first-order valence-corrected chi connectivity index (χ1v) is 8.78. The summed E-state index contributed by atoms with van der Waals surface area (Å²) in [5.74, 6) is -0.0615. The maximum atomic E-state index is 11.3. The van der Waals surface area contributed by atoms with E-state index in [0.29, 0.717) is 17.9 Å². The molecule has 0 bridgehead atoms. The molecule has 0 aromatic carbocycles. The highest BCUT2D eigenvalue weighted by Gasteiger charge is 2.15. The number of carboxylic acid groups (broad SMARTS) is 1. The number of carboxylic acids is 1. The average Bonchev–Trinajstić information content (AvgIpc) is 2.50. The molecule has 0 saturated heterocycles. The molecule has 1 rings (SSSR count). The van der Waals surface area contributed by atoms with Crippen molar-refractivity contribution in [2.24, 2.45) is 11.8 Å². The number of aliphatic hydroxyl groups excluding tert-OH is 1. The van der Waals surface area contributed by atoms with E-state index in [1.165, 1.54) is 11.1 Å². The van der Waals surface area contributed by atoms with Crippen molar-refractivity contribution in [1.82, 2.24) is 0 Å². The normalized spacial score (nSPS) is 29.5. The number of hydrogen-bond acceptors (Lipinski definition) is 2. The van der Waals surface area contributed by atoms with E-state index in [2.05, 4.69) is 26.5 Å². The van der Waals surface area contributed by atoms with Crippen LogP contribution in [0.5, 0.6) is 0 Å². The Morgan fingerprint density at radius 3 is 2.61 bits per heavy atom. The zero-order valence-corrected chi connectivity index (χ0v) is 14.7. The summed E-state index contributed by atoms with van der Waals surface area (Å²) in [6, 6.07) is 0. The van der Waals surface area contributed by atoms with Gasteiger partial charge in [-0.05, 0) is 77.0 Å². The molecule has 3 heteroatoms. The first kappa shape index (κ1) is 19.7. The van der Waals surface area contributed by atoms with Gasteiger partial charge in [0, 0.05) is 12.2 Å². The van der Waals surface area contributed by atoms with Gasteiger partial charge in [-0.25, -0.2) is 4.79 Å². The molecule has 1 aliphatic carbocycles. The highest BCUT2D eigenvalue weighted by atomic mass is 16.4. The number of aliphatic carboxylic acids is 1. The van der Waals surface area contributed by atoms with Gasteiger partial charge in [0.1, 0.15) is 0 Å². The van der Waals surface area contributed by atoms with Crippen molar-refractivity contribution in [3.8, 4) is 0 Å². The van der Waals surface area contributed by atoms with Crippen LogP contribution in [-0.2, 0) is 4.79 Å². The number of aliphatic hydroxyl groups is 1. The molecule has 2 N–H and O–H groups in total. The molecular weight excluding hydrogens is 288 g/mol. The minimum atomic E-state index is -0.804. The van der Waals surface area contributed by atoms with Crippen LogP contribution < -0.4 is 0 Å². The molecule has 0 fully saturated rings. The summed E-state index contributed by atoms with van der Waals surface area (Å²) in [6.45, 7) is 8.51. The lowest BCUT2D eigenvalue weighted by atomic mass is 9.86. The van der Waals surface area contributed by atoms with Crippen LogP contribution in [0.4, 0.5) is 0 Å². The number of hydrogen-bond donors (Lipinski definition) is 2. The van der Waals surface area contributed by atoms with Crippen LogP contribution in [0, 0.1) is 11.8 Å². The minimum absolute atomic E-state index is 0.184. The Morgan fingerprint density at radius 2 is 2.00 bits per heavy atom. The summed E-state index contributed by atoms with van der Waals surface area (Å²) in [6.07, 6.45) is 11.2. The fraction of sp³-hybridized carbons (Fsp3) is 0.650. The second-order valence-corrected chi connectivity index (χ2v) is 6.92. The molecule has 2 atom stereocenters. The van der Waals surface area contributed by atoms with E-state index in [-0.39, 0.29) is 12.5 Å². The first-order chi connectivity index (χ1) is 10.9. The molecule has 0 heterocycles. The number of rotatable bonds is 3. The molecule has 0 aromatic heterocycles. The summed E-state index contributed by atoms with van der Waals surface area (Å²) < 4.78 is 0. The van der Waals surface area contributed by atoms with E-state index in [1.54, 1.807) is 0 Å². The zero-order chi connectivity index (χ0) is 17.2. The van der Waals surface area contributed by atoms with E-state index >= 15 is 0 Å². The van der Waals surface area contributed by atoms with Crippen molar-refractivity contribution in [3.63, 3.8) is 0 Å². The van der Waals surface area contributed by atoms with Crippen LogP contribution in [0.3, 0.4) is 0 Å². The lowest BCUT2D eigenvalue weighted by Gasteiger charge is -2.20. The van der Waals surface area contributed by atoms with Crippen LogP contribution in [-0.4, -0.2) is 22.8 Å². The maximum absolute atomic E-state index is 11.3. The SMILES string of the molecule is C=C(C)[C@@H]1C/C=C(\C)CC/C=C(\C(=O)O)CCC[C@H](CO)CC1. The first-order valence-electron chi connectivity index (χ1n) is 8.78. The Labute approximate surface area is 140 Å². The van der Waals surface area contributed by atoms with Crippen LogP contribution in [0.2, 0.25) is 0 Å². The highest BCUT2D eigenvalue weighted by molar-refractivity contribution is 5.86. The predicted molar refractivity (Wildman–Crippen MR) is 95.3 cm³/mol. The number of allylic oxidation sites excluding steroid dienone is 4. The molecule has 0 aromatic rings. The molecule has 0 aliphatic heterocycles. The smallest absolute Gasteiger partial charge is 0.331 e. The third-order valence-electron chi connectivity index (χ3n) is 4.89. The summed E-state index contributed by atoms with van der Waals surface area (Å²) in [5.41, 5.74) is 3.05. The Bertz CT molecular complexity index is 460. The lowest BCUT2D eigenvalue weighted by molar-refractivity contribution is -0.132. The second kappa shape index (κ2) is 10.4. The standard InChI is InChI=1S/C20H32O3/c1-15(2)18-12-10-16(3)6-4-8-19(20(22)23)9-5-7-17(14-21)11-13-18/h8,10,17-18,21H,1,4-7,9,11-14H2,2-3H3,(H,22,23)/b16-10+,19-8-/t17-,18+/m0/s1. The monoisotopic (exact) mass is 320 g/mol. The van der Waals surface area contributed by atoms with Crippen molar-refractivity contribution in [1.29, 1.82) is 0 Å². The topological polar surface area (TPSA) is 57.5 Å². The van der Waals surface area contributed by atoms with Gasteiger partial charge in [-0.2, -0.15) is 0 Å². The molecule has 0 spiro atoms. The van der Waals surface area contributed by atoms with Gasteiger partial charge in [-0.15, -0.1) is 0 Å². The molecule has 3 nitrogen and oxygen atoms in total. The summed E-state index contributed by atoms with van der Waals surface area (Å²) in [4.78, 5) is 11.3. The quantitative estimate of drug-likeness (QED) is 0.729. The zero-order valence-electron chi connectivity index (χ0n) is 14.7. The van der Waals surface area contributed by atoms with Crippen molar-refractivity contribution in [2.75, 3.05) is 6.61 Å². The third-order valence-corrected chi connectivity index (χ3v) is 4.89. The Kier molecular flexibility index (Phi) is 8.93. The fourth-order valence-corrected chi connectivity index (χ4v) is 3.13. The molecule has 1 aliphatic rings.